The fraction of sp³-hybridized carbons (Fsp3) is 0.368. The topological polar surface area (TPSA) is 62.6 Å². The number of carbonyl (C=O) groups is 2. The van der Waals surface area contributed by atoms with Crippen LogP contribution in [-0.2, 0) is 24.3 Å². The molecule has 0 atom stereocenters. The monoisotopic (exact) mass is 326 g/mol. The van der Waals surface area contributed by atoms with Crippen molar-refractivity contribution in [1.29, 1.82) is 0 Å². The van der Waals surface area contributed by atoms with Crippen LogP contribution in [0.1, 0.15) is 47.0 Å². The number of amides is 2. The van der Waals surface area contributed by atoms with Gasteiger partial charge in [0.2, 0.25) is 5.91 Å². The van der Waals surface area contributed by atoms with Gasteiger partial charge in [-0.2, -0.15) is 0 Å². The first-order valence-electron chi connectivity index (χ1n) is 8.37. The molecule has 1 saturated heterocycles. The van der Waals surface area contributed by atoms with Crippen LogP contribution in [0.25, 0.3) is 0 Å². The summed E-state index contributed by atoms with van der Waals surface area (Å²) in [7, 11) is 0. The fourth-order valence-electron chi connectivity index (χ4n) is 2.95. The van der Waals surface area contributed by atoms with Crippen LogP contribution in [0.15, 0.2) is 41.0 Å². The summed E-state index contributed by atoms with van der Waals surface area (Å²) in [6.07, 6.45) is 3.86. The zero-order valence-electron chi connectivity index (χ0n) is 13.9. The molecule has 0 bridgehead atoms. The molecule has 3 rings (SSSR count). The molecular formula is C19H22N2O3. The van der Waals surface area contributed by atoms with Gasteiger partial charge in [0.1, 0.15) is 5.76 Å². The predicted octanol–water partition coefficient (Wildman–Crippen LogP) is 2.89. The van der Waals surface area contributed by atoms with E-state index >= 15 is 0 Å². The summed E-state index contributed by atoms with van der Waals surface area (Å²) in [5.74, 6) is 0.823. The lowest BCUT2D eigenvalue weighted by Gasteiger charge is -2.15. The van der Waals surface area contributed by atoms with Crippen LogP contribution in [-0.4, -0.2) is 23.3 Å². The summed E-state index contributed by atoms with van der Waals surface area (Å²) in [5, 5.41) is 2.91. The highest BCUT2D eigenvalue weighted by Crippen LogP contribution is 2.15. The van der Waals surface area contributed by atoms with Crippen molar-refractivity contribution in [2.45, 2.75) is 39.3 Å². The van der Waals surface area contributed by atoms with Gasteiger partial charge in [-0.1, -0.05) is 31.2 Å². The lowest BCUT2D eigenvalue weighted by atomic mass is 10.1. The number of nitrogens with zero attached hydrogens (tertiary/aromatic N) is 1. The molecule has 5 heteroatoms. The van der Waals surface area contributed by atoms with Crippen LogP contribution in [0.3, 0.4) is 0 Å². The van der Waals surface area contributed by atoms with Gasteiger partial charge in [0.15, 0.2) is 0 Å². The Bertz CT molecular complexity index is 718. The van der Waals surface area contributed by atoms with E-state index in [0.717, 1.165) is 24.1 Å². The van der Waals surface area contributed by atoms with E-state index in [1.807, 2.05) is 36.1 Å². The molecule has 2 heterocycles. The number of aryl methyl sites for hydroxylation is 1. The first-order chi connectivity index (χ1) is 11.7. The van der Waals surface area contributed by atoms with Crippen molar-refractivity contribution >= 4 is 11.8 Å². The van der Waals surface area contributed by atoms with Crippen molar-refractivity contribution in [3.05, 3.63) is 59.0 Å². The van der Waals surface area contributed by atoms with Gasteiger partial charge in [-0.3, -0.25) is 9.59 Å². The van der Waals surface area contributed by atoms with Crippen LogP contribution in [0.4, 0.5) is 0 Å². The normalized spacial score (nSPS) is 14.2. The van der Waals surface area contributed by atoms with Gasteiger partial charge in [0, 0.05) is 32.5 Å². The minimum Gasteiger partial charge on any atom is -0.469 e. The van der Waals surface area contributed by atoms with E-state index in [-0.39, 0.29) is 11.8 Å². The average molecular weight is 326 g/mol. The Morgan fingerprint density at radius 3 is 2.62 bits per heavy atom. The van der Waals surface area contributed by atoms with Crippen molar-refractivity contribution in [2.24, 2.45) is 0 Å². The summed E-state index contributed by atoms with van der Waals surface area (Å²) in [4.78, 5) is 25.7. The van der Waals surface area contributed by atoms with Crippen molar-refractivity contribution in [1.82, 2.24) is 10.2 Å². The van der Waals surface area contributed by atoms with Crippen LogP contribution in [0, 0.1) is 0 Å². The molecule has 5 nitrogen and oxygen atoms in total. The van der Waals surface area contributed by atoms with Gasteiger partial charge >= 0.3 is 0 Å². The molecule has 0 aliphatic carbocycles. The molecule has 1 N–H and O–H groups in total. The maximum Gasteiger partial charge on any atom is 0.255 e. The van der Waals surface area contributed by atoms with Crippen LogP contribution in [0.2, 0.25) is 0 Å². The molecule has 126 valence electrons. The van der Waals surface area contributed by atoms with Crippen LogP contribution < -0.4 is 5.32 Å². The molecule has 0 saturated carbocycles. The van der Waals surface area contributed by atoms with Gasteiger partial charge in [0.05, 0.1) is 11.8 Å². The number of hydrogen-bond acceptors (Lipinski definition) is 3. The van der Waals surface area contributed by atoms with E-state index < -0.39 is 0 Å². The Labute approximate surface area is 141 Å². The summed E-state index contributed by atoms with van der Waals surface area (Å²) >= 11 is 0. The summed E-state index contributed by atoms with van der Waals surface area (Å²) in [5.41, 5.74) is 2.74. The maximum atomic E-state index is 12.2. The number of likely N-dealkylation sites (tertiary alicyclic amines) is 1. The Morgan fingerprint density at radius 2 is 1.96 bits per heavy atom. The molecule has 1 aromatic heterocycles. The van der Waals surface area contributed by atoms with Gasteiger partial charge < -0.3 is 14.6 Å². The maximum absolute atomic E-state index is 12.2. The molecule has 0 unspecified atom stereocenters. The van der Waals surface area contributed by atoms with Gasteiger partial charge in [-0.25, -0.2) is 0 Å². The fourth-order valence-corrected chi connectivity index (χ4v) is 2.95. The Morgan fingerprint density at radius 1 is 1.21 bits per heavy atom. The van der Waals surface area contributed by atoms with Crippen molar-refractivity contribution in [2.75, 3.05) is 6.54 Å². The molecule has 24 heavy (non-hydrogen) atoms. The van der Waals surface area contributed by atoms with Crippen molar-refractivity contribution < 1.29 is 14.0 Å². The molecular weight excluding hydrogens is 304 g/mol. The van der Waals surface area contributed by atoms with E-state index in [9.17, 15) is 9.59 Å². The zero-order chi connectivity index (χ0) is 16.9. The molecule has 0 radical (unpaired) electrons. The number of benzene rings is 1. The Balaban J connectivity index is 1.54. The second-order valence-corrected chi connectivity index (χ2v) is 6.03. The Hall–Kier alpha value is -2.56. The second kappa shape index (κ2) is 7.34. The number of carbonyl (C=O) groups excluding carboxylic acids is 2. The standard InChI is InChI=1S/C19H22N2O3/c1-2-17-16(9-11-24-17)19(23)20-12-14-5-7-15(8-6-14)13-21-10-3-4-18(21)22/h5-9,11H,2-4,10,12-13H2,1H3,(H,20,23). The third-order valence-corrected chi connectivity index (χ3v) is 4.33. The van der Waals surface area contributed by atoms with E-state index in [0.29, 0.717) is 37.3 Å². The van der Waals surface area contributed by atoms with E-state index in [2.05, 4.69) is 5.32 Å². The van der Waals surface area contributed by atoms with Crippen molar-refractivity contribution in [3.63, 3.8) is 0 Å². The first kappa shape index (κ1) is 16.3. The molecule has 0 spiro atoms. The average Bonchev–Trinajstić information content (AvgIpc) is 3.23. The summed E-state index contributed by atoms with van der Waals surface area (Å²) < 4.78 is 5.28. The zero-order valence-corrected chi connectivity index (χ0v) is 13.9. The number of nitrogens with one attached hydrogen (secondary N) is 1. The largest absolute Gasteiger partial charge is 0.469 e. The quantitative estimate of drug-likeness (QED) is 0.888. The lowest BCUT2D eigenvalue weighted by molar-refractivity contribution is -0.128. The third-order valence-electron chi connectivity index (χ3n) is 4.33. The van der Waals surface area contributed by atoms with E-state index in [1.165, 1.54) is 0 Å². The minimum atomic E-state index is -0.118. The molecule has 1 aromatic carbocycles. The van der Waals surface area contributed by atoms with Gasteiger partial charge in [-0.15, -0.1) is 0 Å². The summed E-state index contributed by atoms with van der Waals surface area (Å²) in [6, 6.07) is 9.72. The highest BCUT2D eigenvalue weighted by Gasteiger charge is 2.19. The SMILES string of the molecule is CCc1occc1C(=O)NCc1ccc(CN2CCCC2=O)cc1. The number of furan rings is 1. The van der Waals surface area contributed by atoms with Crippen LogP contribution in [0.5, 0.6) is 0 Å². The number of rotatable bonds is 6. The van der Waals surface area contributed by atoms with Gasteiger partial charge in [0.25, 0.3) is 5.91 Å². The second-order valence-electron chi connectivity index (χ2n) is 6.03. The predicted molar refractivity (Wildman–Crippen MR) is 90.3 cm³/mol. The Kier molecular flexibility index (Phi) is 4.99. The smallest absolute Gasteiger partial charge is 0.255 e. The first-order valence-corrected chi connectivity index (χ1v) is 8.37. The lowest BCUT2D eigenvalue weighted by Crippen LogP contribution is -2.24. The third kappa shape index (κ3) is 3.67. The number of hydrogen-bond donors (Lipinski definition) is 1. The molecule has 1 aliphatic heterocycles. The van der Waals surface area contributed by atoms with Crippen LogP contribution >= 0.6 is 0 Å². The molecule has 2 aromatic rings. The molecule has 1 fully saturated rings. The van der Waals surface area contributed by atoms with E-state index in [4.69, 9.17) is 4.42 Å². The van der Waals surface area contributed by atoms with E-state index in [1.54, 1.807) is 12.3 Å². The highest BCUT2D eigenvalue weighted by atomic mass is 16.3. The molecule has 1 aliphatic rings. The van der Waals surface area contributed by atoms with Crippen molar-refractivity contribution in [3.8, 4) is 0 Å². The minimum absolute atomic E-state index is 0.118. The summed E-state index contributed by atoms with van der Waals surface area (Å²) in [6.45, 7) is 3.94. The van der Waals surface area contributed by atoms with Gasteiger partial charge in [-0.05, 0) is 23.6 Å². The highest BCUT2D eigenvalue weighted by molar-refractivity contribution is 5.95. The molecule has 2 amide bonds.